The lowest BCUT2D eigenvalue weighted by atomic mass is 9.82. The van der Waals surface area contributed by atoms with Gasteiger partial charge in [-0.2, -0.15) is 11.8 Å². The average Bonchev–Trinajstić information content (AvgIpc) is 2.95. The van der Waals surface area contributed by atoms with Crippen molar-refractivity contribution in [3.8, 4) is 0 Å². The third-order valence-electron chi connectivity index (χ3n) is 4.31. The number of anilines is 1. The molecule has 0 saturated carbocycles. The van der Waals surface area contributed by atoms with Crippen LogP contribution in [0.4, 0.5) is 5.82 Å². The second kappa shape index (κ2) is 4.77. The summed E-state index contributed by atoms with van der Waals surface area (Å²) in [6, 6.07) is 8.69. The van der Waals surface area contributed by atoms with Crippen LogP contribution in [-0.2, 0) is 17.9 Å². The van der Waals surface area contributed by atoms with Gasteiger partial charge in [0.05, 0.1) is 5.69 Å². The number of thioether (sulfide) groups is 1. The van der Waals surface area contributed by atoms with E-state index in [1.807, 2.05) is 11.8 Å². The Balaban J connectivity index is 1.81. The summed E-state index contributed by atoms with van der Waals surface area (Å²) in [7, 11) is 0. The van der Waals surface area contributed by atoms with Crippen LogP contribution in [0.15, 0.2) is 24.3 Å². The summed E-state index contributed by atoms with van der Waals surface area (Å²) in [6.45, 7) is 0. The highest BCUT2D eigenvalue weighted by Gasteiger charge is 2.26. The van der Waals surface area contributed by atoms with E-state index in [2.05, 4.69) is 29.2 Å². The molecule has 2 N–H and O–H groups in total. The molecule has 0 spiro atoms. The van der Waals surface area contributed by atoms with Gasteiger partial charge in [-0.1, -0.05) is 24.3 Å². The number of nitrogen functional groups attached to an aromatic ring is 1. The lowest BCUT2D eigenvalue weighted by molar-refractivity contribution is 0.589. The van der Waals surface area contributed by atoms with E-state index >= 15 is 0 Å². The second-order valence-corrected chi connectivity index (χ2v) is 6.51. The van der Waals surface area contributed by atoms with Gasteiger partial charge in [-0.25, -0.2) is 9.97 Å². The maximum Gasteiger partial charge on any atom is 0.138 e. The number of aromatic nitrogens is 2. The maximum absolute atomic E-state index is 6.13. The van der Waals surface area contributed by atoms with Gasteiger partial charge < -0.3 is 5.73 Å². The van der Waals surface area contributed by atoms with Crippen molar-refractivity contribution in [3.05, 3.63) is 52.5 Å². The van der Waals surface area contributed by atoms with E-state index in [4.69, 9.17) is 10.7 Å². The quantitative estimate of drug-likeness (QED) is 0.872. The number of hydrogen-bond acceptors (Lipinski definition) is 4. The molecule has 0 amide bonds. The van der Waals surface area contributed by atoms with Gasteiger partial charge in [0.1, 0.15) is 11.6 Å². The molecule has 102 valence electrons. The minimum Gasteiger partial charge on any atom is -0.383 e. The van der Waals surface area contributed by atoms with Gasteiger partial charge in [-0.05, 0) is 30.4 Å². The highest BCUT2D eigenvalue weighted by molar-refractivity contribution is 7.98. The number of aryl methyl sites for hydroxylation is 1. The first-order valence-corrected chi connectivity index (χ1v) is 8.29. The molecule has 1 unspecified atom stereocenters. The maximum atomic E-state index is 6.13. The molecule has 0 bridgehead atoms. The molecule has 4 heteroatoms. The lowest BCUT2D eigenvalue weighted by Gasteiger charge is -2.24. The summed E-state index contributed by atoms with van der Waals surface area (Å²) >= 11 is 1.88. The van der Waals surface area contributed by atoms with Crippen molar-refractivity contribution in [2.45, 2.75) is 36.7 Å². The Morgan fingerprint density at radius 1 is 1.15 bits per heavy atom. The number of nitrogens with zero attached hydrogens (tertiary/aromatic N) is 2. The Hall–Kier alpha value is -1.55. The van der Waals surface area contributed by atoms with Crippen molar-refractivity contribution in [3.63, 3.8) is 0 Å². The van der Waals surface area contributed by atoms with Crippen LogP contribution in [0, 0.1) is 0 Å². The van der Waals surface area contributed by atoms with Crippen LogP contribution >= 0.6 is 11.8 Å². The van der Waals surface area contributed by atoms with Gasteiger partial charge >= 0.3 is 0 Å². The first-order valence-electron chi connectivity index (χ1n) is 7.13. The number of hydrogen-bond donors (Lipinski definition) is 1. The molecule has 3 nitrogen and oxygen atoms in total. The van der Waals surface area contributed by atoms with Crippen molar-refractivity contribution >= 4 is 17.6 Å². The molecule has 2 aliphatic rings. The van der Waals surface area contributed by atoms with Crippen LogP contribution < -0.4 is 5.73 Å². The van der Waals surface area contributed by atoms with Crippen molar-refractivity contribution < 1.29 is 0 Å². The van der Waals surface area contributed by atoms with E-state index in [0.29, 0.717) is 11.7 Å². The Morgan fingerprint density at radius 2 is 2.05 bits per heavy atom. The zero-order valence-electron chi connectivity index (χ0n) is 11.3. The van der Waals surface area contributed by atoms with Gasteiger partial charge in [0.25, 0.3) is 0 Å². The summed E-state index contributed by atoms with van der Waals surface area (Å²) in [5.74, 6) is 3.87. The highest BCUT2D eigenvalue weighted by Crippen LogP contribution is 2.38. The van der Waals surface area contributed by atoms with E-state index in [9.17, 15) is 0 Å². The monoisotopic (exact) mass is 283 g/mol. The number of nitrogens with two attached hydrogens (primary N) is 1. The van der Waals surface area contributed by atoms with Gasteiger partial charge in [0.2, 0.25) is 0 Å². The fraction of sp³-hybridized carbons (Fsp3) is 0.375. The Bertz CT molecular complexity index is 669. The van der Waals surface area contributed by atoms with Crippen LogP contribution in [-0.4, -0.2) is 9.97 Å². The SMILES string of the molecule is Nc1nc(C2CCCc3ccccc32)nc2c1CSC2. The molecule has 0 fully saturated rings. The van der Waals surface area contributed by atoms with Gasteiger partial charge in [-0.15, -0.1) is 0 Å². The molecule has 1 atom stereocenters. The number of fused-ring (bicyclic) bond motifs is 2. The topological polar surface area (TPSA) is 51.8 Å². The molecule has 4 rings (SSSR count). The summed E-state index contributed by atoms with van der Waals surface area (Å²) in [5, 5.41) is 0. The number of rotatable bonds is 1. The standard InChI is InChI=1S/C16H17N3S/c17-15-13-8-20-9-14(13)18-16(19-15)12-7-3-5-10-4-1-2-6-11(10)12/h1-2,4,6,12H,3,5,7-9H2,(H2,17,18,19). The van der Waals surface area contributed by atoms with Crippen LogP contribution in [0.1, 0.15) is 47.0 Å². The average molecular weight is 283 g/mol. The van der Waals surface area contributed by atoms with Crippen molar-refractivity contribution in [1.29, 1.82) is 0 Å². The molecule has 20 heavy (non-hydrogen) atoms. The van der Waals surface area contributed by atoms with Gasteiger partial charge in [-0.3, -0.25) is 0 Å². The zero-order chi connectivity index (χ0) is 13.5. The first kappa shape index (κ1) is 12.2. The van der Waals surface area contributed by atoms with E-state index in [1.165, 1.54) is 24.0 Å². The Labute approximate surface area is 123 Å². The fourth-order valence-corrected chi connectivity index (χ4v) is 4.33. The molecule has 2 aromatic rings. The summed E-state index contributed by atoms with van der Waals surface area (Å²) in [4.78, 5) is 9.45. The summed E-state index contributed by atoms with van der Waals surface area (Å²) in [5.41, 5.74) is 11.3. The van der Waals surface area contributed by atoms with Crippen LogP contribution in [0.3, 0.4) is 0 Å². The van der Waals surface area contributed by atoms with Crippen molar-refractivity contribution in [1.82, 2.24) is 9.97 Å². The van der Waals surface area contributed by atoms with E-state index in [-0.39, 0.29) is 0 Å². The van der Waals surface area contributed by atoms with E-state index in [0.717, 1.165) is 35.0 Å². The zero-order valence-corrected chi connectivity index (χ0v) is 12.1. The summed E-state index contributed by atoms with van der Waals surface area (Å²) in [6.07, 6.45) is 3.50. The highest BCUT2D eigenvalue weighted by atomic mass is 32.2. The molecule has 0 saturated heterocycles. The van der Waals surface area contributed by atoms with Crippen LogP contribution in [0.5, 0.6) is 0 Å². The van der Waals surface area contributed by atoms with Crippen molar-refractivity contribution in [2.75, 3.05) is 5.73 Å². The van der Waals surface area contributed by atoms with Crippen molar-refractivity contribution in [2.24, 2.45) is 0 Å². The lowest BCUT2D eigenvalue weighted by Crippen LogP contribution is -2.16. The molecular formula is C16H17N3S. The molecule has 1 aliphatic heterocycles. The third-order valence-corrected chi connectivity index (χ3v) is 5.28. The normalized spacial score (nSPS) is 20.5. The van der Waals surface area contributed by atoms with Crippen LogP contribution in [0.25, 0.3) is 0 Å². The fourth-order valence-electron chi connectivity index (χ4n) is 3.27. The predicted molar refractivity (Wildman–Crippen MR) is 82.7 cm³/mol. The Morgan fingerprint density at radius 3 is 3.00 bits per heavy atom. The number of benzene rings is 1. The molecule has 2 heterocycles. The minimum atomic E-state index is 0.318. The van der Waals surface area contributed by atoms with Gasteiger partial charge in [0.15, 0.2) is 0 Å². The smallest absolute Gasteiger partial charge is 0.138 e. The van der Waals surface area contributed by atoms with Crippen LogP contribution in [0.2, 0.25) is 0 Å². The molecule has 1 aliphatic carbocycles. The molecule has 1 aromatic carbocycles. The predicted octanol–water partition coefficient (Wildman–Crippen LogP) is 3.27. The molecule has 0 radical (unpaired) electrons. The second-order valence-electron chi connectivity index (χ2n) is 5.53. The van der Waals surface area contributed by atoms with E-state index in [1.54, 1.807) is 0 Å². The Kier molecular flexibility index (Phi) is 2.91. The van der Waals surface area contributed by atoms with Gasteiger partial charge in [0, 0.05) is 23.0 Å². The van der Waals surface area contributed by atoms with E-state index < -0.39 is 0 Å². The molecule has 1 aromatic heterocycles. The minimum absolute atomic E-state index is 0.318. The third kappa shape index (κ3) is 1.90. The molecular weight excluding hydrogens is 266 g/mol. The first-order chi connectivity index (χ1) is 9.83. The summed E-state index contributed by atoms with van der Waals surface area (Å²) < 4.78 is 0. The largest absolute Gasteiger partial charge is 0.383 e.